The molecule has 3 aromatic rings. The highest BCUT2D eigenvalue weighted by Gasteiger charge is 2.31. The molecule has 0 bridgehead atoms. The molecule has 8 nitrogen and oxygen atoms in total. The highest BCUT2D eigenvalue weighted by Crippen LogP contribution is 2.33. The highest BCUT2D eigenvalue weighted by atomic mass is 19.4. The largest absolute Gasteiger partial charge is 0.573 e. The Hall–Kier alpha value is -3.38. The molecule has 0 amide bonds. The number of aliphatic hydroxyl groups is 2. The molecule has 3 heterocycles. The van der Waals surface area contributed by atoms with Gasteiger partial charge in [0.25, 0.3) is 0 Å². The number of alkyl halides is 3. The van der Waals surface area contributed by atoms with Gasteiger partial charge in [0.2, 0.25) is 0 Å². The van der Waals surface area contributed by atoms with E-state index >= 15 is 0 Å². The third-order valence-corrected chi connectivity index (χ3v) is 8.87. The Labute approximate surface area is 262 Å². The van der Waals surface area contributed by atoms with Crippen molar-refractivity contribution in [1.29, 1.82) is 0 Å². The average molecular weight is 629 g/mol. The van der Waals surface area contributed by atoms with Gasteiger partial charge in [0, 0.05) is 61.2 Å². The minimum atomic E-state index is -4.75. The number of anilines is 2. The molecule has 3 atom stereocenters. The van der Waals surface area contributed by atoms with E-state index in [4.69, 9.17) is 4.74 Å². The topological polar surface area (TPSA) is 90.3 Å². The van der Waals surface area contributed by atoms with E-state index in [1.165, 1.54) is 12.1 Å². The lowest BCUT2D eigenvalue weighted by Gasteiger charge is -2.35. The molecule has 0 aliphatic carbocycles. The van der Waals surface area contributed by atoms with Crippen molar-refractivity contribution in [2.75, 3.05) is 36.5 Å². The summed E-state index contributed by atoms with van der Waals surface area (Å²) in [4.78, 5) is 9.27. The predicted octanol–water partition coefficient (Wildman–Crippen LogP) is 6.70. The van der Waals surface area contributed by atoms with Crippen LogP contribution in [0.25, 0.3) is 11.1 Å². The molecule has 2 aromatic carbocycles. The highest BCUT2D eigenvalue weighted by molar-refractivity contribution is 5.69. The van der Waals surface area contributed by atoms with Gasteiger partial charge in [-0.25, -0.2) is 4.98 Å². The summed E-state index contributed by atoms with van der Waals surface area (Å²) in [5.41, 5.74) is 4.27. The number of aromatic nitrogens is 1. The maximum Gasteiger partial charge on any atom is 0.573 e. The van der Waals surface area contributed by atoms with Gasteiger partial charge in [-0.2, -0.15) is 0 Å². The van der Waals surface area contributed by atoms with Gasteiger partial charge in [0.15, 0.2) is 12.5 Å². The second kappa shape index (κ2) is 14.8. The number of benzene rings is 2. The molecule has 2 aliphatic rings. The Kier molecular flexibility index (Phi) is 10.9. The number of likely N-dealkylation sites (tertiary alicyclic amines) is 1. The molecular formula is C34H43F3N4O4. The smallest absolute Gasteiger partial charge is 0.406 e. The van der Waals surface area contributed by atoms with Crippen LogP contribution in [0, 0.1) is 5.92 Å². The number of nitrogens with one attached hydrogen (secondary N) is 1. The molecule has 1 aromatic heterocycles. The number of hydrogen-bond acceptors (Lipinski definition) is 8. The summed E-state index contributed by atoms with van der Waals surface area (Å²) >= 11 is 0. The fourth-order valence-electron chi connectivity index (χ4n) is 6.43. The Morgan fingerprint density at radius 1 is 0.978 bits per heavy atom. The summed E-state index contributed by atoms with van der Waals surface area (Å²) in [7, 11) is 0. The van der Waals surface area contributed by atoms with Crippen LogP contribution in [0.3, 0.4) is 0 Å². The van der Waals surface area contributed by atoms with Crippen molar-refractivity contribution in [3.05, 3.63) is 71.9 Å². The molecule has 5 rings (SSSR count). The fraction of sp³-hybridized carbons (Fsp3) is 0.500. The van der Waals surface area contributed by atoms with Gasteiger partial charge in [-0.1, -0.05) is 31.2 Å². The van der Waals surface area contributed by atoms with Crippen molar-refractivity contribution in [3.8, 4) is 16.9 Å². The first-order valence-electron chi connectivity index (χ1n) is 15.8. The second-order valence-corrected chi connectivity index (χ2v) is 11.8. The van der Waals surface area contributed by atoms with Crippen LogP contribution in [0.5, 0.6) is 5.75 Å². The molecule has 0 spiro atoms. The van der Waals surface area contributed by atoms with Crippen molar-refractivity contribution in [3.63, 3.8) is 0 Å². The quantitative estimate of drug-likeness (QED) is 0.191. The average Bonchev–Trinajstić information content (AvgIpc) is 3.48. The van der Waals surface area contributed by atoms with E-state index in [9.17, 15) is 23.4 Å². The maximum absolute atomic E-state index is 12.7. The zero-order valence-corrected chi connectivity index (χ0v) is 25.8. The molecule has 3 N–H and O–H groups in total. The Balaban J connectivity index is 1.29. The number of piperidine rings is 1. The van der Waals surface area contributed by atoms with E-state index in [-0.39, 0.29) is 11.7 Å². The van der Waals surface area contributed by atoms with Crippen molar-refractivity contribution >= 4 is 11.5 Å². The number of pyridine rings is 1. The number of ether oxygens (including phenoxy) is 2. The van der Waals surface area contributed by atoms with Gasteiger partial charge in [0.05, 0.1) is 0 Å². The van der Waals surface area contributed by atoms with Crippen LogP contribution in [0.1, 0.15) is 63.3 Å². The van der Waals surface area contributed by atoms with Gasteiger partial charge in [0.1, 0.15) is 11.6 Å². The molecule has 2 unspecified atom stereocenters. The summed E-state index contributed by atoms with van der Waals surface area (Å²) in [6, 6.07) is 16.0. The monoisotopic (exact) mass is 628 g/mol. The molecule has 244 valence electrons. The molecule has 2 aliphatic heterocycles. The van der Waals surface area contributed by atoms with Crippen LogP contribution in [-0.4, -0.2) is 65.0 Å². The number of rotatable bonds is 12. The van der Waals surface area contributed by atoms with E-state index in [1.54, 1.807) is 18.3 Å². The SMILES string of the molecule is CCOC(O)C1CCN(c2ccc(C(O)Nc3cc(CN4CCC[C@H]4CC)c(-c4ccc(OC(F)(F)F)cc4)cn3)cc2)CC1. The van der Waals surface area contributed by atoms with Crippen molar-refractivity contribution in [2.24, 2.45) is 5.92 Å². The van der Waals surface area contributed by atoms with Crippen LogP contribution >= 0.6 is 0 Å². The zero-order valence-electron chi connectivity index (χ0n) is 25.8. The normalized spacial score (nSPS) is 19.4. The van der Waals surface area contributed by atoms with Gasteiger partial charge in [-0.15, -0.1) is 13.2 Å². The number of nitrogens with zero attached hydrogens (tertiary/aromatic N) is 3. The molecule has 2 fully saturated rings. The Morgan fingerprint density at radius 3 is 2.33 bits per heavy atom. The van der Waals surface area contributed by atoms with Crippen LogP contribution in [0.4, 0.5) is 24.7 Å². The van der Waals surface area contributed by atoms with Crippen LogP contribution in [-0.2, 0) is 11.3 Å². The summed E-state index contributed by atoms with van der Waals surface area (Å²) in [6.45, 7) is 7.83. The van der Waals surface area contributed by atoms with Crippen molar-refractivity contribution in [1.82, 2.24) is 9.88 Å². The summed E-state index contributed by atoms with van der Waals surface area (Å²) < 4.78 is 47.5. The molecule has 0 saturated carbocycles. The summed E-state index contributed by atoms with van der Waals surface area (Å²) in [6.07, 6.45) is 0.227. The summed E-state index contributed by atoms with van der Waals surface area (Å²) in [5.74, 6) is 0.365. The van der Waals surface area contributed by atoms with E-state index in [1.807, 2.05) is 37.3 Å². The number of aliphatic hydroxyl groups excluding tert-OH is 2. The van der Waals surface area contributed by atoms with Gasteiger partial charge < -0.3 is 29.9 Å². The number of halogens is 3. The molecule has 2 saturated heterocycles. The molecule has 45 heavy (non-hydrogen) atoms. The van der Waals surface area contributed by atoms with Crippen molar-refractivity contribution < 1.29 is 32.9 Å². The van der Waals surface area contributed by atoms with Crippen LogP contribution < -0.4 is 15.0 Å². The third-order valence-electron chi connectivity index (χ3n) is 8.87. The van der Waals surface area contributed by atoms with Gasteiger partial charge >= 0.3 is 6.36 Å². The first-order chi connectivity index (χ1) is 21.6. The van der Waals surface area contributed by atoms with E-state index in [0.29, 0.717) is 30.6 Å². The lowest BCUT2D eigenvalue weighted by molar-refractivity contribution is -0.274. The number of hydrogen-bond donors (Lipinski definition) is 3. The van der Waals surface area contributed by atoms with E-state index < -0.39 is 18.9 Å². The first kappa shape index (κ1) is 33.0. The second-order valence-electron chi connectivity index (χ2n) is 11.8. The van der Waals surface area contributed by atoms with E-state index in [0.717, 1.165) is 74.1 Å². The minimum Gasteiger partial charge on any atom is -0.406 e. The predicted molar refractivity (Wildman–Crippen MR) is 168 cm³/mol. The zero-order chi connectivity index (χ0) is 32.0. The minimum absolute atomic E-state index is 0.136. The molecule has 0 radical (unpaired) electrons. The lowest BCUT2D eigenvalue weighted by atomic mass is 9.95. The maximum atomic E-state index is 12.7. The third kappa shape index (κ3) is 8.66. The first-order valence-corrected chi connectivity index (χ1v) is 15.8. The summed E-state index contributed by atoms with van der Waals surface area (Å²) in [5, 5.41) is 24.3. The van der Waals surface area contributed by atoms with Crippen molar-refractivity contribution in [2.45, 2.75) is 77.4 Å². The van der Waals surface area contributed by atoms with Crippen LogP contribution in [0.2, 0.25) is 0 Å². The molecular weight excluding hydrogens is 585 g/mol. The van der Waals surface area contributed by atoms with Gasteiger partial charge in [-0.05, 0) is 87.0 Å². The Morgan fingerprint density at radius 2 is 1.69 bits per heavy atom. The Bertz CT molecular complexity index is 1370. The van der Waals surface area contributed by atoms with Gasteiger partial charge in [-0.3, -0.25) is 4.90 Å². The lowest BCUT2D eigenvalue weighted by Crippen LogP contribution is -2.38. The standard InChI is InChI=1S/C34H43F3N4O4/c1-3-27-6-5-17-41(27)22-26-20-31(38-21-30(26)23-9-13-29(14-10-23)45-34(35,36)37)39-32(42)24-7-11-28(12-8-24)40-18-15-25(16-19-40)33(43)44-4-2/h7-14,20-21,25,27,32-33,42-43H,3-6,15-19,22H2,1-2H3,(H,38,39)/t27-,32?,33?/m1/s1. The van der Waals surface area contributed by atoms with E-state index in [2.05, 4.69) is 31.8 Å². The fourth-order valence-corrected chi connectivity index (χ4v) is 6.43. The molecule has 11 heteroatoms. The van der Waals surface area contributed by atoms with Crippen LogP contribution in [0.15, 0.2) is 60.8 Å².